The van der Waals surface area contributed by atoms with Crippen LogP contribution in [0.25, 0.3) is 11.6 Å². The van der Waals surface area contributed by atoms with E-state index in [1.807, 2.05) is 37.4 Å². The first-order valence-corrected chi connectivity index (χ1v) is 10.9. The van der Waals surface area contributed by atoms with Gasteiger partial charge >= 0.3 is 0 Å². The summed E-state index contributed by atoms with van der Waals surface area (Å²) in [6.07, 6.45) is 10.9. The van der Waals surface area contributed by atoms with E-state index in [-0.39, 0.29) is 11.8 Å². The molecule has 33 heavy (non-hydrogen) atoms. The summed E-state index contributed by atoms with van der Waals surface area (Å²) < 4.78 is 0. The van der Waals surface area contributed by atoms with E-state index in [0.717, 1.165) is 29.7 Å². The van der Waals surface area contributed by atoms with Crippen LogP contribution in [0.5, 0.6) is 0 Å². The Morgan fingerprint density at radius 2 is 2.06 bits per heavy atom. The van der Waals surface area contributed by atoms with Gasteiger partial charge < -0.3 is 26.3 Å². The molecule has 1 saturated heterocycles. The number of benzene rings is 1. The summed E-state index contributed by atoms with van der Waals surface area (Å²) in [5, 5.41) is 16.9. The highest BCUT2D eigenvalue weighted by atomic mass is 16.2. The van der Waals surface area contributed by atoms with Gasteiger partial charge in [0.2, 0.25) is 11.8 Å². The summed E-state index contributed by atoms with van der Waals surface area (Å²) >= 11 is 0. The Labute approximate surface area is 194 Å². The predicted molar refractivity (Wildman–Crippen MR) is 132 cm³/mol. The maximum Gasteiger partial charge on any atom is 0.248 e. The van der Waals surface area contributed by atoms with E-state index < -0.39 is 0 Å². The van der Waals surface area contributed by atoms with Gasteiger partial charge in [0.15, 0.2) is 0 Å². The number of allylic oxidation sites excluding steroid dienone is 1. The third-order valence-corrected chi connectivity index (χ3v) is 5.48. The molecule has 0 saturated carbocycles. The van der Waals surface area contributed by atoms with Gasteiger partial charge in [0.05, 0.1) is 0 Å². The van der Waals surface area contributed by atoms with Crippen molar-refractivity contribution in [3.8, 4) is 0 Å². The van der Waals surface area contributed by atoms with E-state index in [0.29, 0.717) is 30.3 Å². The van der Waals surface area contributed by atoms with Crippen molar-refractivity contribution in [2.75, 3.05) is 26.0 Å². The van der Waals surface area contributed by atoms with Crippen LogP contribution in [0.3, 0.4) is 0 Å². The van der Waals surface area contributed by atoms with Crippen LogP contribution in [0.15, 0.2) is 55.0 Å². The summed E-state index contributed by atoms with van der Waals surface area (Å²) in [6.45, 7) is 1.43. The maximum atomic E-state index is 12.4. The highest BCUT2D eigenvalue weighted by molar-refractivity contribution is 6.10. The molecule has 8 heteroatoms. The standard InChI is InChI=1S/C25H30N6O2/c1-27-15-20(13-26)23-11-12-28-16-19(23)5-9-24(32)30-21-6-3-18(4-7-21)14-29-22-8-10-25(33)31(2)17-22/h3-7,9,11-13,15-16,22,26-27,29H,8,10,14,17H2,1-2H3,(H,30,32)/b9-5+,20-15+,26-13?. The molecule has 1 aromatic heterocycles. The molecule has 8 nitrogen and oxygen atoms in total. The number of carbonyl (C=O) groups excluding carboxylic acids is 2. The van der Waals surface area contributed by atoms with E-state index in [2.05, 4.69) is 20.9 Å². The van der Waals surface area contributed by atoms with Crippen LogP contribution in [-0.2, 0) is 16.1 Å². The number of carbonyl (C=O) groups is 2. The van der Waals surface area contributed by atoms with Crippen LogP contribution >= 0.6 is 0 Å². The van der Waals surface area contributed by atoms with Gasteiger partial charge in [-0.2, -0.15) is 0 Å². The van der Waals surface area contributed by atoms with Gasteiger partial charge in [0.25, 0.3) is 0 Å². The van der Waals surface area contributed by atoms with Gasteiger partial charge in [-0.1, -0.05) is 12.1 Å². The second-order valence-corrected chi connectivity index (χ2v) is 7.91. The summed E-state index contributed by atoms with van der Waals surface area (Å²) in [4.78, 5) is 29.9. The van der Waals surface area contributed by atoms with Crippen LogP contribution in [0.2, 0.25) is 0 Å². The van der Waals surface area contributed by atoms with Crippen LogP contribution < -0.4 is 16.0 Å². The maximum absolute atomic E-state index is 12.4. The zero-order valence-electron chi connectivity index (χ0n) is 19.0. The Morgan fingerprint density at radius 1 is 1.27 bits per heavy atom. The van der Waals surface area contributed by atoms with Crippen molar-refractivity contribution in [3.63, 3.8) is 0 Å². The number of aromatic nitrogens is 1. The van der Waals surface area contributed by atoms with E-state index >= 15 is 0 Å². The van der Waals surface area contributed by atoms with Crippen LogP contribution in [0.4, 0.5) is 5.69 Å². The minimum atomic E-state index is -0.250. The average Bonchev–Trinajstić information content (AvgIpc) is 2.83. The van der Waals surface area contributed by atoms with Gasteiger partial charge in [0, 0.05) is 87.4 Å². The fourth-order valence-corrected chi connectivity index (χ4v) is 3.65. The lowest BCUT2D eigenvalue weighted by Crippen LogP contribution is -2.46. The molecule has 2 heterocycles. The minimum absolute atomic E-state index is 0.201. The number of likely N-dealkylation sites (N-methyl/N-ethyl adjacent to an activating group) is 1. The van der Waals surface area contributed by atoms with Crippen molar-refractivity contribution in [1.29, 1.82) is 5.41 Å². The molecule has 4 N–H and O–H groups in total. The number of rotatable bonds is 9. The number of piperidine rings is 1. The largest absolute Gasteiger partial charge is 0.393 e. The highest BCUT2D eigenvalue weighted by Gasteiger charge is 2.22. The van der Waals surface area contributed by atoms with Crippen molar-refractivity contribution in [2.45, 2.75) is 25.4 Å². The van der Waals surface area contributed by atoms with Crippen LogP contribution in [0, 0.1) is 5.41 Å². The third-order valence-electron chi connectivity index (χ3n) is 5.48. The normalized spacial score (nSPS) is 16.7. The Morgan fingerprint density at radius 3 is 2.76 bits per heavy atom. The molecule has 2 amide bonds. The Kier molecular flexibility index (Phi) is 8.49. The number of nitrogens with one attached hydrogen (secondary N) is 4. The first-order chi connectivity index (χ1) is 16.0. The minimum Gasteiger partial charge on any atom is -0.393 e. The fraction of sp³-hybridized carbons (Fsp3) is 0.280. The average molecular weight is 447 g/mol. The third kappa shape index (κ3) is 6.85. The van der Waals surface area contributed by atoms with Gasteiger partial charge in [-0.25, -0.2) is 0 Å². The lowest BCUT2D eigenvalue weighted by atomic mass is 10.0. The second-order valence-electron chi connectivity index (χ2n) is 7.91. The first kappa shape index (κ1) is 23.9. The molecule has 1 fully saturated rings. The summed E-state index contributed by atoms with van der Waals surface area (Å²) in [5.41, 5.74) is 4.06. The number of nitrogens with zero attached hydrogens (tertiary/aromatic N) is 2. The van der Waals surface area contributed by atoms with Gasteiger partial charge in [-0.05, 0) is 41.8 Å². The molecule has 0 aliphatic carbocycles. The van der Waals surface area contributed by atoms with Crippen molar-refractivity contribution < 1.29 is 9.59 Å². The number of pyridine rings is 1. The predicted octanol–water partition coefficient (Wildman–Crippen LogP) is 2.65. The molecule has 1 unspecified atom stereocenters. The van der Waals surface area contributed by atoms with Gasteiger partial charge in [-0.3, -0.25) is 14.6 Å². The van der Waals surface area contributed by atoms with Crippen molar-refractivity contribution in [1.82, 2.24) is 20.5 Å². The highest BCUT2D eigenvalue weighted by Crippen LogP contribution is 2.18. The Bertz CT molecular complexity index is 1050. The Balaban J connectivity index is 1.55. The quantitative estimate of drug-likeness (QED) is 0.350. The lowest BCUT2D eigenvalue weighted by molar-refractivity contribution is -0.132. The molecule has 1 aromatic carbocycles. The van der Waals surface area contributed by atoms with E-state index in [4.69, 9.17) is 5.41 Å². The molecule has 172 valence electrons. The molecule has 1 atom stereocenters. The molecule has 3 rings (SSSR count). The van der Waals surface area contributed by atoms with Gasteiger partial charge in [0.1, 0.15) is 0 Å². The molecule has 1 aliphatic rings. The Hall–Kier alpha value is -3.78. The SMILES string of the molecule is CN/C=C(\C=N)c1ccncc1/C=C/C(=O)Nc1ccc(CNC2CCC(=O)N(C)C2)cc1. The lowest BCUT2D eigenvalue weighted by Gasteiger charge is -2.30. The zero-order chi connectivity index (χ0) is 23.6. The van der Waals surface area contributed by atoms with Crippen LogP contribution in [0.1, 0.15) is 29.5 Å². The van der Waals surface area contributed by atoms with Crippen molar-refractivity contribution >= 4 is 35.4 Å². The topological polar surface area (TPSA) is 110 Å². The van der Waals surface area contributed by atoms with Gasteiger partial charge in [-0.15, -0.1) is 0 Å². The fourth-order valence-electron chi connectivity index (χ4n) is 3.65. The zero-order valence-corrected chi connectivity index (χ0v) is 19.0. The number of anilines is 1. The number of hydrogen-bond acceptors (Lipinski definition) is 6. The van der Waals surface area contributed by atoms with Crippen molar-refractivity contribution in [2.24, 2.45) is 0 Å². The molecule has 0 spiro atoms. The number of likely N-dealkylation sites (tertiary alicyclic amines) is 1. The number of amides is 2. The monoisotopic (exact) mass is 446 g/mol. The summed E-state index contributed by atoms with van der Waals surface area (Å²) in [5.74, 6) is -0.0499. The molecule has 1 aliphatic heterocycles. The second kappa shape index (κ2) is 11.7. The molecular weight excluding hydrogens is 416 g/mol. The molecule has 0 radical (unpaired) electrons. The summed E-state index contributed by atoms with van der Waals surface area (Å²) in [7, 11) is 3.61. The smallest absolute Gasteiger partial charge is 0.248 e. The van der Waals surface area contributed by atoms with E-state index in [1.54, 1.807) is 36.6 Å². The van der Waals surface area contributed by atoms with E-state index in [1.165, 1.54) is 12.3 Å². The number of hydrogen-bond donors (Lipinski definition) is 4. The van der Waals surface area contributed by atoms with Crippen LogP contribution in [-0.4, -0.2) is 54.6 Å². The first-order valence-electron chi connectivity index (χ1n) is 10.9. The molecular formula is C25H30N6O2. The summed E-state index contributed by atoms with van der Waals surface area (Å²) in [6, 6.07) is 9.80. The van der Waals surface area contributed by atoms with Crippen molar-refractivity contribution in [3.05, 3.63) is 71.7 Å². The molecule has 0 bridgehead atoms. The van der Waals surface area contributed by atoms with E-state index in [9.17, 15) is 9.59 Å². The molecule has 2 aromatic rings.